The molecule has 90 valence electrons. The molecule has 2 heteroatoms. The summed E-state index contributed by atoms with van der Waals surface area (Å²) in [4.78, 5) is 9.32. The van der Waals surface area contributed by atoms with Gasteiger partial charge >= 0.3 is 0 Å². The van der Waals surface area contributed by atoms with Crippen LogP contribution in [0.1, 0.15) is 32.3 Å². The molecule has 0 spiro atoms. The van der Waals surface area contributed by atoms with E-state index in [1.165, 1.54) is 11.3 Å². The number of benzene rings is 1. The Kier molecular flexibility index (Phi) is 4.08. The lowest BCUT2D eigenvalue weighted by Gasteiger charge is -2.20. The molecule has 1 aromatic rings. The number of nitrogens with zero attached hydrogens (tertiary/aromatic N) is 2. The zero-order valence-corrected chi connectivity index (χ0v) is 10.7. The van der Waals surface area contributed by atoms with E-state index in [2.05, 4.69) is 43.1 Å². The van der Waals surface area contributed by atoms with Crippen LogP contribution in [0, 0.1) is 5.92 Å². The Labute approximate surface area is 104 Å². The lowest BCUT2D eigenvalue weighted by molar-refractivity contribution is 0.657. The lowest BCUT2D eigenvalue weighted by atomic mass is 9.97. The van der Waals surface area contributed by atoms with Gasteiger partial charge in [-0.05, 0) is 18.4 Å². The van der Waals surface area contributed by atoms with Crippen molar-refractivity contribution in [3.8, 4) is 0 Å². The van der Waals surface area contributed by atoms with Crippen LogP contribution in [-0.2, 0) is 6.42 Å². The monoisotopic (exact) mass is 228 g/mol. The van der Waals surface area contributed by atoms with E-state index in [9.17, 15) is 0 Å². The minimum atomic E-state index is 0.569. The van der Waals surface area contributed by atoms with E-state index in [0.29, 0.717) is 5.92 Å². The average molecular weight is 228 g/mol. The van der Waals surface area contributed by atoms with Crippen LogP contribution in [0.25, 0.3) is 0 Å². The van der Waals surface area contributed by atoms with Crippen LogP contribution in [0.3, 0.4) is 0 Å². The maximum Gasteiger partial charge on any atom is 0.127 e. The van der Waals surface area contributed by atoms with Gasteiger partial charge in [-0.1, -0.05) is 44.2 Å². The maximum absolute atomic E-state index is 4.71. The third-order valence-corrected chi connectivity index (χ3v) is 3.30. The Morgan fingerprint density at radius 2 is 1.94 bits per heavy atom. The molecule has 0 amide bonds. The molecule has 1 atom stereocenters. The predicted octanol–water partition coefficient (Wildman–Crippen LogP) is 3.52. The van der Waals surface area contributed by atoms with Gasteiger partial charge in [0.2, 0.25) is 0 Å². The molecule has 1 unspecified atom stereocenters. The van der Waals surface area contributed by atoms with Crippen LogP contribution >= 0.6 is 0 Å². The fourth-order valence-electron chi connectivity index (χ4n) is 2.22. The Morgan fingerprint density at radius 3 is 2.59 bits per heavy atom. The molecule has 1 aliphatic heterocycles. The number of hydrogen-bond acceptors (Lipinski definition) is 2. The molecule has 0 aliphatic carbocycles. The summed E-state index contributed by atoms with van der Waals surface area (Å²) < 4.78 is 0. The lowest BCUT2D eigenvalue weighted by Crippen LogP contribution is -2.23. The number of rotatable bonds is 4. The van der Waals surface area contributed by atoms with Gasteiger partial charge in [0.25, 0.3) is 0 Å². The van der Waals surface area contributed by atoms with Crippen molar-refractivity contribution in [1.29, 1.82) is 0 Å². The predicted molar refractivity (Wildman–Crippen MR) is 74.0 cm³/mol. The normalized spacial score (nSPS) is 19.8. The third kappa shape index (κ3) is 3.02. The summed E-state index contributed by atoms with van der Waals surface area (Å²) in [5.41, 5.74) is 2.62. The first-order valence-corrected chi connectivity index (χ1v) is 6.48. The standard InChI is InChI=1S/C15H20N2/c1-3-13-11-16-15(17-14(13)4-2)10-12-8-6-5-7-9-12/h5-9,13H,3-4,10-11H2,1-2H3. The summed E-state index contributed by atoms with van der Waals surface area (Å²) in [6.45, 7) is 5.33. The van der Waals surface area contributed by atoms with Crippen molar-refractivity contribution in [3.05, 3.63) is 35.9 Å². The van der Waals surface area contributed by atoms with Crippen molar-refractivity contribution in [2.24, 2.45) is 15.9 Å². The van der Waals surface area contributed by atoms with Gasteiger partial charge in [-0.2, -0.15) is 0 Å². The first-order chi connectivity index (χ1) is 8.33. The van der Waals surface area contributed by atoms with Crippen LogP contribution in [0.5, 0.6) is 0 Å². The van der Waals surface area contributed by atoms with Crippen molar-refractivity contribution in [2.75, 3.05) is 6.54 Å². The van der Waals surface area contributed by atoms with Crippen LogP contribution in [0.2, 0.25) is 0 Å². The maximum atomic E-state index is 4.71. The summed E-state index contributed by atoms with van der Waals surface area (Å²) in [6.07, 6.45) is 3.06. The van der Waals surface area contributed by atoms with E-state index >= 15 is 0 Å². The van der Waals surface area contributed by atoms with E-state index in [-0.39, 0.29) is 0 Å². The largest absolute Gasteiger partial charge is 0.270 e. The molecule has 2 nitrogen and oxygen atoms in total. The molecular weight excluding hydrogens is 208 g/mol. The fourth-order valence-corrected chi connectivity index (χ4v) is 2.22. The summed E-state index contributed by atoms with van der Waals surface area (Å²) >= 11 is 0. The molecule has 1 heterocycles. The molecule has 17 heavy (non-hydrogen) atoms. The summed E-state index contributed by atoms with van der Waals surface area (Å²) in [5.74, 6) is 1.57. The van der Waals surface area contributed by atoms with Gasteiger partial charge in [-0.3, -0.25) is 4.99 Å². The number of hydrogen-bond donors (Lipinski definition) is 0. The topological polar surface area (TPSA) is 24.7 Å². The highest BCUT2D eigenvalue weighted by atomic mass is 15.0. The Morgan fingerprint density at radius 1 is 1.18 bits per heavy atom. The molecular formula is C15H20N2. The molecule has 0 saturated carbocycles. The number of amidine groups is 1. The molecule has 0 fully saturated rings. The SMILES string of the molecule is CCC1=NC(Cc2ccccc2)=NCC1CC. The highest BCUT2D eigenvalue weighted by Crippen LogP contribution is 2.15. The van der Waals surface area contributed by atoms with Crippen molar-refractivity contribution in [1.82, 2.24) is 0 Å². The van der Waals surface area contributed by atoms with Crippen LogP contribution in [-0.4, -0.2) is 18.1 Å². The zero-order chi connectivity index (χ0) is 12.1. The first kappa shape index (κ1) is 12.0. The Bertz CT molecular complexity index is 418. The van der Waals surface area contributed by atoms with Crippen LogP contribution < -0.4 is 0 Å². The van der Waals surface area contributed by atoms with E-state index in [4.69, 9.17) is 4.99 Å². The van der Waals surface area contributed by atoms with E-state index < -0.39 is 0 Å². The molecule has 0 N–H and O–H groups in total. The molecule has 1 aliphatic rings. The van der Waals surface area contributed by atoms with Crippen molar-refractivity contribution in [3.63, 3.8) is 0 Å². The summed E-state index contributed by atoms with van der Waals surface area (Å²) in [7, 11) is 0. The minimum absolute atomic E-state index is 0.569. The summed E-state index contributed by atoms with van der Waals surface area (Å²) in [5, 5.41) is 0. The van der Waals surface area contributed by atoms with Crippen LogP contribution in [0.4, 0.5) is 0 Å². The van der Waals surface area contributed by atoms with Gasteiger partial charge in [-0.15, -0.1) is 0 Å². The van der Waals surface area contributed by atoms with Crippen molar-refractivity contribution < 1.29 is 0 Å². The van der Waals surface area contributed by atoms with Gasteiger partial charge in [0, 0.05) is 24.6 Å². The molecule has 0 bridgehead atoms. The van der Waals surface area contributed by atoms with Crippen molar-refractivity contribution in [2.45, 2.75) is 33.1 Å². The van der Waals surface area contributed by atoms with E-state index in [0.717, 1.165) is 31.6 Å². The first-order valence-electron chi connectivity index (χ1n) is 6.48. The van der Waals surface area contributed by atoms with Gasteiger partial charge in [0.15, 0.2) is 0 Å². The average Bonchev–Trinajstić information content (AvgIpc) is 2.40. The molecule has 0 saturated heterocycles. The highest BCUT2D eigenvalue weighted by molar-refractivity contribution is 6.01. The fraction of sp³-hybridized carbons (Fsp3) is 0.467. The van der Waals surface area contributed by atoms with Gasteiger partial charge in [0.1, 0.15) is 5.84 Å². The molecule has 2 rings (SSSR count). The Balaban J connectivity index is 2.09. The second-order valence-electron chi connectivity index (χ2n) is 4.48. The van der Waals surface area contributed by atoms with Gasteiger partial charge in [0.05, 0.1) is 0 Å². The second-order valence-corrected chi connectivity index (χ2v) is 4.48. The van der Waals surface area contributed by atoms with Gasteiger partial charge in [-0.25, -0.2) is 4.99 Å². The molecule has 0 radical (unpaired) electrons. The minimum Gasteiger partial charge on any atom is -0.270 e. The summed E-state index contributed by atoms with van der Waals surface area (Å²) in [6, 6.07) is 10.4. The smallest absolute Gasteiger partial charge is 0.127 e. The highest BCUT2D eigenvalue weighted by Gasteiger charge is 2.17. The molecule has 0 aromatic heterocycles. The van der Waals surface area contributed by atoms with E-state index in [1.54, 1.807) is 0 Å². The van der Waals surface area contributed by atoms with E-state index in [1.807, 2.05) is 6.07 Å². The molecule has 1 aromatic carbocycles. The zero-order valence-electron chi connectivity index (χ0n) is 10.7. The van der Waals surface area contributed by atoms with Crippen LogP contribution in [0.15, 0.2) is 40.3 Å². The van der Waals surface area contributed by atoms with Crippen molar-refractivity contribution >= 4 is 11.5 Å². The Hall–Kier alpha value is -1.44. The number of aliphatic imine (C=N–C) groups is 2. The third-order valence-electron chi connectivity index (χ3n) is 3.30. The van der Waals surface area contributed by atoms with Gasteiger partial charge < -0.3 is 0 Å². The quantitative estimate of drug-likeness (QED) is 0.753. The second kappa shape index (κ2) is 5.76.